The average Bonchev–Trinajstić information content (AvgIpc) is 2.91. The van der Waals surface area contributed by atoms with Gasteiger partial charge in [-0.05, 0) is 12.1 Å². The molecule has 0 aliphatic heterocycles. The first-order chi connectivity index (χ1) is 8.40. The average molecular weight is 219 g/mol. The quantitative estimate of drug-likeness (QED) is 0.631. The van der Waals surface area contributed by atoms with Crippen LogP contribution in [0.15, 0.2) is 55.1 Å². The molecule has 0 N–H and O–H groups in total. The third kappa shape index (κ3) is 1.47. The molecule has 0 unspecified atom stereocenters. The molecule has 0 fully saturated rings. The maximum Gasteiger partial charge on any atom is 0.0998 e. The van der Waals surface area contributed by atoms with Gasteiger partial charge in [-0.3, -0.25) is 0 Å². The summed E-state index contributed by atoms with van der Waals surface area (Å²) in [5, 5.41) is 11.1. The van der Waals surface area contributed by atoms with Gasteiger partial charge in [-0.25, -0.2) is 4.98 Å². The molecule has 0 amide bonds. The Kier molecular flexibility index (Phi) is 2.13. The summed E-state index contributed by atoms with van der Waals surface area (Å²) in [6.07, 6.45) is 5.40. The molecule has 3 heteroatoms. The highest BCUT2D eigenvalue weighted by Crippen LogP contribution is 2.24. The van der Waals surface area contributed by atoms with Gasteiger partial charge in [0.1, 0.15) is 0 Å². The zero-order valence-corrected chi connectivity index (χ0v) is 9.04. The molecule has 2 aromatic carbocycles. The van der Waals surface area contributed by atoms with Gasteiger partial charge in [0.2, 0.25) is 0 Å². The van der Waals surface area contributed by atoms with E-state index < -0.39 is 0 Å². The van der Waals surface area contributed by atoms with Crippen LogP contribution < -0.4 is 0 Å². The van der Waals surface area contributed by atoms with Gasteiger partial charge >= 0.3 is 0 Å². The molecule has 3 rings (SSSR count). The molecule has 17 heavy (non-hydrogen) atoms. The van der Waals surface area contributed by atoms with E-state index in [0.29, 0.717) is 5.56 Å². The van der Waals surface area contributed by atoms with Gasteiger partial charge in [0.05, 0.1) is 23.6 Å². The van der Waals surface area contributed by atoms with Gasteiger partial charge in [-0.1, -0.05) is 24.3 Å². The predicted molar refractivity (Wildman–Crippen MR) is 65.8 cm³/mol. The number of benzene rings is 2. The Bertz CT molecular complexity index is 706. The first-order valence-corrected chi connectivity index (χ1v) is 5.30. The summed E-state index contributed by atoms with van der Waals surface area (Å²) in [5.41, 5.74) is 1.74. The molecule has 80 valence electrons. The van der Waals surface area contributed by atoms with Crippen LogP contribution in [0.5, 0.6) is 0 Å². The summed E-state index contributed by atoms with van der Waals surface area (Å²) in [6, 6.07) is 13.9. The van der Waals surface area contributed by atoms with Crippen molar-refractivity contribution in [2.75, 3.05) is 0 Å². The number of fused-ring (bicyclic) bond motifs is 1. The van der Waals surface area contributed by atoms with Gasteiger partial charge < -0.3 is 4.57 Å². The topological polar surface area (TPSA) is 41.6 Å². The summed E-state index contributed by atoms with van der Waals surface area (Å²) < 4.78 is 1.95. The third-order valence-electron chi connectivity index (χ3n) is 2.80. The first-order valence-electron chi connectivity index (χ1n) is 5.30. The Hall–Kier alpha value is -2.60. The number of imidazole rings is 1. The lowest BCUT2D eigenvalue weighted by molar-refractivity contribution is 1.07. The lowest BCUT2D eigenvalue weighted by Crippen LogP contribution is -1.92. The van der Waals surface area contributed by atoms with Crippen LogP contribution in [0.4, 0.5) is 0 Å². The van der Waals surface area contributed by atoms with Crippen molar-refractivity contribution in [1.82, 2.24) is 9.55 Å². The van der Waals surface area contributed by atoms with Crippen molar-refractivity contribution in [1.29, 1.82) is 5.26 Å². The van der Waals surface area contributed by atoms with E-state index in [1.165, 1.54) is 0 Å². The third-order valence-corrected chi connectivity index (χ3v) is 2.80. The fraction of sp³-hybridized carbons (Fsp3) is 0. The number of hydrogen-bond acceptors (Lipinski definition) is 2. The molecular weight excluding hydrogens is 210 g/mol. The summed E-state index contributed by atoms with van der Waals surface area (Å²) in [4.78, 5) is 4.05. The highest BCUT2D eigenvalue weighted by atomic mass is 15.0. The second kappa shape index (κ2) is 3.76. The first kappa shape index (κ1) is 9.61. The minimum absolute atomic E-state index is 0.699. The van der Waals surface area contributed by atoms with Crippen molar-refractivity contribution >= 4 is 10.8 Å². The Morgan fingerprint density at radius 1 is 1.06 bits per heavy atom. The van der Waals surface area contributed by atoms with Crippen molar-refractivity contribution < 1.29 is 0 Å². The van der Waals surface area contributed by atoms with E-state index in [9.17, 15) is 0 Å². The van der Waals surface area contributed by atoms with Gasteiger partial charge in [0.25, 0.3) is 0 Å². The van der Waals surface area contributed by atoms with E-state index in [4.69, 9.17) is 5.26 Å². The van der Waals surface area contributed by atoms with E-state index in [1.54, 1.807) is 12.5 Å². The smallest absolute Gasteiger partial charge is 0.0998 e. The Morgan fingerprint density at radius 3 is 2.59 bits per heavy atom. The number of rotatable bonds is 1. The van der Waals surface area contributed by atoms with Crippen LogP contribution in [0.2, 0.25) is 0 Å². The number of hydrogen-bond donors (Lipinski definition) is 0. The Morgan fingerprint density at radius 2 is 1.88 bits per heavy atom. The molecule has 1 aromatic heterocycles. The lowest BCUT2D eigenvalue weighted by atomic mass is 10.0. The highest BCUT2D eigenvalue weighted by Gasteiger charge is 2.05. The second-order valence-electron chi connectivity index (χ2n) is 3.76. The maximum atomic E-state index is 9.09. The fourth-order valence-corrected chi connectivity index (χ4v) is 2.01. The van der Waals surface area contributed by atoms with Crippen molar-refractivity contribution in [3.63, 3.8) is 0 Å². The van der Waals surface area contributed by atoms with Crippen molar-refractivity contribution in [2.45, 2.75) is 0 Å². The second-order valence-corrected chi connectivity index (χ2v) is 3.76. The maximum absolute atomic E-state index is 9.09. The van der Waals surface area contributed by atoms with Gasteiger partial charge in [0.15, 0.2) is 0 Å². The summed E-state index contributed by atoms with van der Waals surface area (Å²) >= 11 is 0. The van der Waals surface area contributed by atoms with Crippen LogP contribution in [0, 0.1) is 11.3 Å². The van der Waals surface area contributed by atoms with Gasteiger partial charge in [0, 0.05) is 23.2 Å². The molecule has 1 heterocycles. The van der Waals surface area contributed by atoms with Crippen LogP contribution in [0.3, 0.4) is 0 Å². The standard InChI is InChI=1S/C14H9N3/c15-9-11-5-6-14(17-8-7-16-10-17)13-4-2-1-3-12(11)13/h1-8,10H. The minimum Gasteiger partial charge on any atom is -0.306 e. The molecular formula is C14H9N3. The number of nitriles is 1. The Balaban J connectivity index is 2.40. The van der Waals surface area contributed by atoms with Crippen molar-refractivity contribution in [3.8, 4) is 11.8 Å². The molecule has 3 aromatic rings. The van der Waals surface area contributed by atoms with E-state index in [0.717, 1.165) is 16.5 Å². The van der Waals surface area contributed by atoms with E-state index in [-0.39, 0.29) is 0 Å². The molecule has 0 atom stereocenters. The van der Waals surface area contributed by atoms with Gasteiger partial charge in [-0.2, -0.15) is 5.26 Å². The largest absolute Gasteiger partial charge is 0.306 e. The molecule has 0 saturated heterocycles. The van der Waals surface area contributed by atoms with Gasteiger partial charge in [-0.15, -0.1) is 0 Å². The summed E-state index contributed by atoms with van der Waals surface area (Å²) in [7, 11) is 0. The molecule has 0 aliphatic carbocycles. The SMILES string of the molecule is N#Cc1ccc(-n2ccnc2)c2ccccc12. The van der Waals surface area contributed by atoms with Crippen molar-refractivity contribution in [2.24, 2.45) is 0 Å². The van der Waals surface area contributed by atoms with E-state index >= 15 is 0 Å². The number of aromatic nitrogens is 2. The van der Waals surface area contributed by atoms with Crippen LogP contribution >= 0.6 is 0 Å². The van der Waals surface area contributed by atoms with Crippen LogP contribution in [0.1, 0.15) is 5.56 Å². The molecule has 0 aliphatic rings. The van der Waals surface area contributed by atoms with Crippen LogP contribution in [0.25, 0.3) is 16.5 Å². The van der Waals surface area contributed by atoms with E-state index in [1.807, 2.05) is 47.2 Å². The minimum atomic E-state index is 0.699. The highest BCUT2D eigenvalue weighted by molar-refractivity contribution is 5.94. The monoisotopic (exact) mass is 219 g/mol. The zero-order valence-electron chi connectivity index (χ0n) is 9.04. The van der Waals surface area contributed by atoms with E-state index in [2.05, 4.69) is 11.1 Å². The number of nitrogens with zero attached hydrogens (tertiary/aromatic N) is 3. The zero-order chi connectivity index (χ0) is 11.7. The van der Waals surface area contributed by atoms with Crippen LogP contribution in [-0.2, 0) is 0 Å². The normalized spacial score (nSPS) is 10.3. The predicted octanol–water partition coefficient (Wildman–Crippen LogP) is 2.90. The fourth-order valence-electron chi connectivity index (χ4n) is 2.01. The lowest BCUT2D eigenvalue weighted by Gasteiger charge is -2.08. The summed E-state index contributed by atoms with van der Waals surface area (Å²) in [5.74, 6) is 0. The summed E-state index contributed by atoms with van der Waals surface area (Å²) in [6.45, 7) is 0. The molecule has 0 spiro atoms. The van der Waals surface area contributed by atoms with Crippen molar-refractivity contribution in [3.05, 3.63) is 60.7 Å². The van der Waals surface area contributed by atoms with Crippen LogP contribution in [-0.4, -0.2) is 9.55 Å². The molecule has 0 saturated carbocycles. The Labute approximate surface area is 98.6 Å². The molecule has 0 bridgehead atoms. The molecule has 0 radical (unpaired) electrons. The molecule has 3 nitrogen and oxygen atoms in total.